The summed E-state index contributed by atoms with van der Waals surface area (Å²) in [4.78, 5) is 30.9. The third kappa shape index (κ3) is 6.04. The molecule has 0 spiro atoms. The molecule has 7 nitrogen and oxygen atoms in total. The van der Waals surface area contributed by atoms with Crippen molar-refractivity contribution < 1.29 is 14.3 Å². The second-order valence-corrected chi connectivity index (χ2v) is 14.8. The van der Waals surface area contributed by atoms with Crippen molar-refractivity contribution in [3.05, 3.63) is 0 Å². The number of nitrogens with two attached hydrogens (primary N) is 1. The second kappa shape index (κ2) is 10.1. The molecule has 3 fully saturated rings. The van der Waals surface area contributed by atoms with Crippen LogP contribution >= 0.6 is 19.1 Å². The van der Waals surface area contributed by atoms with Crippen molar-refractivity contribution in [3.63, 3.8) is 0 Å². The summed E-state index contributed by atoms with van der Waals surface area (Å²) in [6, 6.07) is 0.449. The van der Waals surface area contributed by atoms with E-state index in [4.69, 9.17) is 14.8 Å². The number of nitrogens with zero attached hydrogens (tertiary/aromatic N) is 3. The van der Waals surface area contributed by atoms with Crippen molar-refractivity contribution >= 4 is 31.3 Å². The van der Waals surface area contributed by atoms with Crippen LogP contribution < -0.4 is 5.73 Å². The summed E-state index contributed by atoms with van der Waals surface area (Å²) < 4.78 is 13.4. The second-order valence-electron chi connectivity index (χ2n) is 9.77. The van der Waals surface area contributed by atoms with E-state index in [2.05, 4.69) is 4.90 Å². The molecule has 30 heavy (non-hydrogen) atoms. The zero-order chi connectivity index (χ0) is 21.9. The fourth-order valence-electron chi connectivity index (χ4n) is 4.92. The van der Waals surface area contributed by atoms with Gasteiger partial charge in [0, 0.05) is 38.3 Å². The number of amides is 3. The Bertz CT molecular complexity index is 683. The van der Waals surface area contributed by atoms with Gasteiger partial charge >= 0.3 is 12.1 Å². The maximum atomic E-state index is 12.3. The fraction of sp³-hybridized carbons (Fsp3) is 0.864. The van der Waals surface area contributed by atoms with Crippen molar-refractivity contribution in [1.29, 1.82) is 0 Å². The number of alkyl halides is 2. The number of rotatable bonds is 3. The van der Waals surface area contributed by atoms with Crippen LogP contribution in [0, 0.1) is 4.31 Å². The van der Waals surface area contributed by atoms with Gasteiger partial charge < -0.3 is 25.2 Å². The van der Waals surface area contributed by atoms with Crippen LogP contribution in [-0.2, 0) is 4.74 Å². The standard InChI is InChI=1S/C22H39IN4O3/c1-22(2,3)30-21(29)26-15-8-17(9-16-26)25-13-10-18(11-14-25)27(20(24)28)19-7-5-6-12-23(19)4/h4,17-19H,5-16H2,1-3H3,(H2,24,28)/t19-/m0/s1. The Morgan fingerprint density at radius 2 is 1.67 bits per heavy atom. The van der Waals surface area contributed by atoms with Crippen LogP contribution in [0.4, 0.5) is 9.59 Å². The van der Waals surface area contributed by atoms with Crippen LogP contribution in [0.15, 0.2) is 0 Å². The van der Waals surface area contributed by atoms with Crippen molar-refractivity contribution in [2.75, 3.05) is 30.6 Å². The number of carbonyl (C=O) groups excluding carboxylic acids is 2. The van der Waals surface area contributed by atoms with Gasteiger partial charge in [0.2, 0.25) is 0 Å². The lowest BCUT2D eigenvalue weighted by Crippen LogP contribution is -2.55. The van der Waals surface area contributed by atoms with E-state index in [9.17, 15) is 9.59 Å². The molecule has 0 unspecified atom stereocenters. The van der Waals surface area contributed by atoms with Gasteiger partial charge in [-0.25, -0.2) is 9.59 Å². The molecule has 3 rings (SSSR count). The molecule has 0 aromatic rings. The molecular weight excluding hydrogens is 495 g/mol. The van der Waals surface area contributed by atoms with Crippen molar-refractivity contribution in [2.24, 2.45) is 5.73 Å². The first-order valence-corrected chi connectivity index (χ1v) is 15.4. The normalized spacial score (nSPS) is 25.8. The summed E-state index contributed by atoms with van der Waals surface area (Å²) in [6.07, 6.45) is 7.10. The molecule has 172 valence electrons. The lowest BCUT2D eigenvalue weighted by atomic mass is 9.97. The zero-order valence-corrected chi connectivity index (χ0v) is 21.0. The van der Waals surface area contributed by atoms with Gasteiger partial charge in [0.1, 0.15) is 5.60 Å². The van der Waals surface area contributed by atoms with Gasteiger partial charge in [0.05, 0.1) is 4.05 Å². The quantitative estimate of drug-likeness (QED) is 0.339. The summed E-state index contributed by atoms with van der Waals surface area (Å²) in [6.45, 7) is 9.17. The molecule has 0 saturated carbocycles. The van der Waals surface area contributed by atoms with Crippen LogP contribution in [0.3, 0.4) is 0 Å². The van der Waals surface area contributed by atoms with E-state index in [1.807, 2.05) is 30.6 Å². The average Bonchev–Trinajstić information content (AvgIpc) is 2.69. The van der Waals surface area contributed by atoms with Crippen LogP contribution in [0.2, 0.25) is 0 Å². The minimum atomic E-state index is -1.59. The van der Waals surface area contributed by atoms with Gasteiger partial charge in [-0.3, -0.25) is 0 Å². The minimum absolute atomic E-state index is 0.203. The number of hydrogen-bond acceptors (Lipinski definition) is 4. The van der Waals surface area contributed by atoms with E-state index in [1.54, 1.807) is 0 Å². The molecule has 1 atom stereocenters. The molecule has 0 radical (unpaired) electrons. The molecular formula is C22H39IN4O3. The van der Waals surface area contributed by atoms with Gasteiger partial charge in [-0.1, -0.05) is 0 Å². The highest BCUT2D eigenvalue weighted by Crippen LogP contribution is 2.40. The molecule has 0 aliphatic carbocycles. The molecule has 3 aliphatic heterocycles. The predicted octanol–water partition coefficient (Wildman–Crippen LogP) is 3.84. The molecule has 3 heterocycles. The Hall–Kier alpha value is -0.990. The van der Waals surface area contributed by atoms with E-state index in [1.165, 1.54) is 6.42 Å². The molecule has 8 heteroatoms. The highest BCUT2D eigenvalue weighted by molar-refractivity contribution is 14.2. The maximum Gasteiger partial charge on any atom is 0.410 e. The minimum Gasteiger partial charge on any atom is -0.444 e. The molecule has 0 aromatic heterocycles. The fourth-order valence-corrected chi connectivity index (χ4v) is 9.80. The van der Waals surface area contributed by atoms with Gasteiger partial charge in [0.15, 0.2) is 0 Å². The number of hydrogen-bond donors (Lipinski definition) is 1. The highest BCUT2D eigenvalue weighted by Gasteiger charge is 2.36. The summed E-state index contributed by atoms with van der Waals surface area (Å²) in [5.41, 5.74) is 5.37. The molecule has 3 amide bonds. The smallest absolute Gasteiger partial charge is 0.410 e. The van der Waals surface area contributed by atoms with Crippen LogP contribution in [0.1, 0.15) is 65.7 Å². The Labute approximate surface area is 188 Å². The highest BCUT2D eigenvalue weighted by atomic mass is 127. The van der Waals surface area contributed by atoms with E-state index >= 15 is 0 Å². The topological polar surface area (TPSA) is 79.1 Å². The molecule has 2 N–H and O–H groups in total. The number of ether oxygens (including phenoxy) is 1. The summed E-state index contributed by atoms with van der Waals surface area (Å²) in [7, 11) is 0. The Morgan fingerprint density at radius 1 is 1.03 bits per heavy atom. The zero-order valence-electron chi connectivity index (χ0n) is 18.8. The third-order valence-electron chi connectivity index (χ3n) is 6.45. The largest absolute Gasteiger partial charge is 0.444 e. The Kier molecular flexibility index (Phi) is 7.96. The van der Waals surface area contributed by atoms with Crippen molar-refractivity contribution in [1.82, 2.24) is 14.7 Å². The Morgan fingerprint density at radius 3 is 2.20 bits per heavy atom. The average molecular weight is 534 g/mol. The third-order valence-corrected chi connectivity index (χ3v) is 11.5. The lowest BCUT2D eigenvalue weighted by Gasteiger charge is -2.46. The predicted molar refractivity (Wildman–Crippen MR) is 128 cm³/mol. The first-order valence-electron chi connectivity index (χ1n) is 11.3. The number of primary amides is 1. The van der Waals surface area contributed by atoms with Gasteiger partial charge in [-0.15, -0.1) is 23.5 Å². The SMILES string of the molecule is C#I1CCCC[C@@H]1N(C(N)=O)C1CCN(C2CCN(C(=O)OC(C)(C)C)CC2)CC1. The Balaban J connectivity index is 1.49. The number of halogens is 1. The number of carbonyl (C=O) groups is 2. The van der Waals surface area contributed by atoms with Crippen molar-refractivity contribution in [2.45, 2.75) is 87.5 Å². The van der Waals surface area contributed by atoms with Crippen LogP contribution in [0.25, 0.3) is 0 Å². The summed E-state index contributed by atoms with van der Waals surface area (Å²) in [5, 5.41) is 0. The monoisotopic (exact) mass is 534 g/mol. The van der Waals surface area contributed by atoms with Gasteiger partial charge in [-0.2, -0.15) is 0 Å². The van der Waals surface area contributed by atoms with E-state index < -0.39 is 24.7 Å². The van der Waals surface area contributed by atoms with E-state index in [0.29, 0.717) is 6.04 Å². The van der Waals surface area contributed by atoms with Gasteiger partial charge in [0.25, 0.3) is 0 Å². The molecule has 3 saturated heterocycles. The van der Waals surface area contributed by atoms with E-state index in [-0.39, 0.29) is 22.2 Å². The molecule has 0 aromatic carbocycles. The van der Waals surface area contributed by atoms with E-state index in [0.717, 1.165) is 69.1 Å². The molecule has 3 aliphatic rings. The first kappa shape index (κ1) is 23.7. The number of urea groups is 1. The lowest BCUT2D eigenvalue weighted by molar-refractivity contribution is 0.0110. The first-order chi connectivity index (χ1) is 14.2. The maximum absolute atomic E-state index is 12.3. The summed E-state index contributed by atoms with van der Waals surface area (Å²) in [5.74, 6) is 0. The molecule has 0 bridgehead atoms. The summed E-state index contributed by atoms with van der Waals surface area (Å²) >= 11 is -1.59. The number of piperidine rings is 2. The van der Waals surface area contributed by atoms with Gasteiger partial charge in [-0.05, 0) is 70.1 Å². The van der Waals surface area contributed by atoms with Crippen LogP contribution in [-0.4, -0.2) is 79.2 Å². The van der Waals surface area contributed by atoms with Crippen LogP contribution in [0.5, 0.6) is 0 Å². The number of likely N-dealkylation sites (tertiary alicyclic amines) is 2. The van der Waals surface area contributed by atoms with Crippen molar-refractivity contribution in [3.8, 4) is 4.31 Å².